The van der Waals surface area contributed by atoms with Crippen LogP contribution in [0.2, 0.25) is 0 Å². The van der Waals surface area contributed by atoms with E-state index in [-0.39, 0.29) is 0 Å². The highest BCUT2D eigenvalue weighted by atomic mass is 15.2. The fourth-order valence-electron chi connectivity index (χ4n) is 3.33. The van der Waals surface area contributed by atoms with E-state index in [0.29, 0.717) is 12.1 Å². The first-order valence-corrected chi connectivity index (χ1v) is 7.16. The number of likely N-dealkylation sites (tertiary alicyclic amines) is 1. The minimum atomic E-state index is 0.701. The number of hydrogen-bond acceptors (Lipinski definition) is 4. The zero-order chi connectivity index (χ0) is 12.2. The van der Waals surface area contributed by atoms with Gasteiger partial charge in [0.2, 0.25) is 0 Å². The van der Waals surface area contributed by atoms with E-state index < -0.39 is 0 Å². The number of nitrogens with zero attached hydrogens (tertiary/aromatic N) is 3. The summed E-state index contributed by atoms with van der Waals surface area (Å²) in [6, 6.07) is 3.44. The minimum Gasteiger partial charge on any atom is -0.312 e. The van der Waals surface area contributed by atoms with Crippen LogP contribution in [0, 0.1) is 0 Å². The molecule has 3 heterocycles. The van der Waals surface area contributed by atoms with E-state index in [2.05, 4.69) is 20.2 Å². The van der Waals surface area contributed by atoms with Gasteiger partial charge >= 0.3 is 0 Å². The summed E-state index contributed by atoms with van der Waals surface area (Å²) in [7, 11) is 0. The van der Waals surface area contributed by atoms with Gasteiger partial charge in [-0.15, -0.1) is 0 Å². The lowest BCUT2D eigenvalue weighted by atomic mass is 9.94. The van der Waals surface area contributed by atoms with Crippen LogP contribution in [0.4, 0.5) is 0 Å². The molecule has 2 unspecified atom stereocenters. The second-order valence-electron chi connectivity index (χ2n) is 5.44. The summed E-state index contributed by atoms with van der Waals surface area (Å²) in [5, 5.41) is 3.67. The zero-order valence-electron chi connectivity index (χ0n) is 10.9. The Balaban J connectivity index is 1.67. The quantitative estimate of drug-likeness (QED) is 0.879. The second-order valence-corrected chi connectivity index (χ2v) is 5.44. The number of nitrogens with one attached hydrogen (secondary N) is 1. The largest absolute Gasteiger partial charge is 0.312 e. The Morgan fingerprint density at radius 1 is 1.28 bits per heavy atom. The van der Waals surface area contributed by atoms with Crippen molar-refractivity contribution >= 4 is 0 Å². The lowest BCUT2D eigenvalue weighted by Gasteiger charge is -2.39. The first kappa shape index (κ1) is 12.1. The van der Waals surface area contributed by atoms with Crippen LogP contribution in [-0.4, -0.2) is 40.0 Å². The average molecular weight is 246 g/mol. The van der Waals surface area contributed by atoms with Gasteiger partial charge in [-0.2, -0.15) is 0 Å². The topological polar surface area (TPSA) is 41.0 Å². The SMILES string of the molecule is c1cc(CN2CCCCC2C2CCCN2)ncn1. The molecule has 1 aromatic heterocycles. The Bertz CT molecular complexity index is 361. The summed E-state index contributed by atoms with van der Waals surface area (Å²) in [6.45, 7) is 3.39. The molecule has 18 heavy (non-hydrogen) atoms. The normalized spacial score (nSPS) is 29.6. The van der Waals surface area contributed by atoms with Crippen molar-refractivity contribution in [3.63, 3.8) is 0 Å². The molecular formula is C14H22N4. The summed E-state index contributed by atoms with van der Waals surface area (Å²) in [4.78, 5) is 11.0. The van der Waals surface area contributed by atoms with Crippen molar-refractivity contribution in [3.8, 4) is 0 Å². The smallest absolute Gasteiger partial charge is 0.115 e. The molecular weight excluding hydrogens is 224 g/mol. The van der Waals surface area contributed by atoms with E-state index in [9.17, 15) is 0 Å². The zero-order valence-corrected chi connectivity index (χ0v) is 10.9. The monoisotopic (exact) mass is 246 g/mol. The molecule has 4 heteroatoms. The molecule has 0 spiro atoms. The first-order valence-electron chi connectivity index (χ1n) is 7.16. The van der Waals surface area contributed by atoms with E-state index in [4.69, 9.17) is 0 Å². The van der Waals surface area contributed by atoms with E-state index in [1.807, 2.05) is 12.3 Å². The second kappa shape index (κ2) is 5.76. The molecule has 3 rings (SSSR count). The molecule has 0 saturated carbocycles. The molecule has 2 saturated heterocycles. The minimum absolute atomic E-state index is 0.701. The highest BCUT2D eigenvalue weighted by molar-refractivity contribution is 5.00. The lowest BCUT2D eigenvalue weighted by molar-refractivity contribution is 0.111. The van der Waals surface area contributed by atoms with Gasteiger partial charge in [-0.25, -0.2) is 9.97 Å². The molecule has 1 N–H and O–H groups in total. The molecule has 2 fully saturated rings. The highest BCUT2D eigenvalue weighted by Crippen LogP contribution is 2.25. The number of hydrogen-bond donors (Lipinski definition) is 1. The summed E-state index contributed by atoms with van der Waals surface area (Å²) < 4.78 is 0. The Labute approximate surface area is 109 Å². The van der Waals surface area contributed by atoms with Crippen molar-refractivity contribution in [2.45, 2.75) is 50.7 Å². The molecule has 0 radical (unpaired) electrons. The molecule has 0 aromatic carbocycles. The van der Waals surface area contributed by atoms with Gasteiger partial charge in [-0.1, -0.05) is 6.42 Å². The molecule has 0 aliphatic carbocycles. The van der Waals surface area contributed by atoms with Gasteiger partial charge < -0.3 is 5.32 Å². The van der Waals surface area contributed by atoms with Crippen LogP contribution in [0.15, 0.2) is 18.6 Å². The summed E-state index contributed by atoms with van der Waals surface area (Å²) in [5.74, 6) is 0. The van der Waals surface area contributed by atoms with Gasteiger partial charge in [0.25, 0.3) is 0 Å². The van der Waals surface area contributed by atoms with Gasteiger partial charge in [-0.05, 0) is 44.8 Å². The van der Waals surface area contributed by atoms with Crippen LogP contribution in [0.5, 0.6) is 0 Å². The maximum absolute atomic E-state index is 4.36. The van der Waals surface area contributed by atoms with Crippen LogP contribution in [0.3, 0.4) is 0 Å². The van der Waals surface area contributed by atoms with E-state index in [1.54, 1.807) is 6.33 Å². The van der Waals surface area contributed by atoms with Gasteiger partial charge in [0.05, 0.1) is 5.69 Å². The molecule has 2 atom stereocenters. The lowest BCUT2D eigenvalue weighted by Crippen LogP contribution is -2.49. The van der Waals surface area contributed by atoms with E-state index >= 15 is 0 Å². The maximum atomic E-state index is 4.36. The third kappa shape index (κ3) is 2.70. The summed E-state index contributed by atoms with van der Waals surface area (Å²) >= 11 is 0. The predicted molar refractivity (Wildman–Crippen MR) is 71.1 cm³/mol. The first-order chi connectivity index (χ1) is 8.93. The van der Waals surface area contributed by atoms with E-state index in [1.165, 1.54) is 45.2 Å². The number of rotatable bonds is 3. The third-order valence-electron chi connectivity index (χ3n) is 4.24. The van der Waals surface area contributed by atoms with Crippen molar-refractivity contribution in [3.05, 3.63) is 24.3 Å². The highest BCUT2D eigenvalue weighted by Gasteiger charge is 2.31. The van der Waals surface area contributed by atoms with Gasteiger partial charge in [0.15, 0.2) is 0 Å². The van der Waals surface area contributed by atoms with Crippen molar-refractivity contribution in [1.82, 2.24) is 20.2 Å². The Morgan fingerprint density at radius 2 is 2.28 bits per heavy atom. The average Bonchev–Trinajstić information content (AvgIpc) is 2.94. The van der Waals surface area contributed by atoms with Crippen molar-refractivity contribution < 1.29 is 0 Å². The van der Waals surface area contributed by atoms with Crippen molar-refractivity contribution in [2.24, 2.45) is 0 Å². The molecule has 2 aliphatic rings. The molecule has 0 amide bonds. The molecule has 98 valence electrons. The maximum Gasteiger partial charge on any atom is 0.115 e. The number of piperidine rings is 1. The van der Waals surface area contributed by atoms with E-state index in [0.717, 1.165) is 12.2 Å². The van der Waals surface area contributed by atoms with Crippen LogP contribution < -0.4 is 5.32 Å². The Kier molecular flexibility index (Phi) is 3.86. The van der Waals surface area contributed by atoms with Crippen LogP contribution in [0.1, 0.15) is 37.8 Å². The number of aromatic nitrogens is 2. The van der Waals surface area contributed by atoms with Gasteiger partial charge in [-0.3, -0.25) is 4.90 Å². The summed E-state index contributed by atoms with van der Waals surface area (Å²) in [6.07, 6.45) is 10.2. The van der Waals surface area contributed by atoms with Crippen LogP contribution in [-0.2, 0) is 6.54 Å². The molecule has 1 aromatic rings. The molecule has 2 aliphatic heterocycles. The van der Waals surface area contributed by atoms with Crippen molar-refractivity contribution in [2.75, 3.05) is 13.1 Å². The van der Waals surface area contributed by atoms with Crippen molar-refractivity contribution in [1.29, 1.82) is 0 Å². The Morgan fingerprint density at radius 3 is 3.06 bits per heavy atom. The Hall–Kier alpha value is -1.00. The fourth-order valence-corrected chi connectivity index (χ4v) is 3.33. The van der Waals surface area contributed by atoms with Crippen LogP contribution >= 0.6 is 0 Å². The molecule has 4 nitrogen and oxygen atoms in total. The fraction of sp³-hybridized carbons (Fsp3) is 0.714. The summed E-state index contributed by atoms with van der Waals surface area (Å²) in [5.41, 5.74) is 1.15. The predicted octanol–water partition coefficient (Wildman–Crippen LogP) is 1.58. The standard InChI is InChI=1S/C14H22N4/c1-2-9-18(10-12-6-8-15-11-17-12)14(5-1)13-4-3-7-16-13/h6,8,11,13-14,16H,1-5,7,9-10H2. The third-order valence-corrected chi connectivity index (χ3v) is 4.24. The van der Waals surface area contributed by atoms with Crippen LogP contribution in [0.25, 0.3) is 0 Å². The van der Waals surface area contributed by atoms with Gasteiger partial charge in [0, 0.05) is 24.8 Å². The molecule has 0 bridgehead atoms. The van der Waals surface area contributed by atoms with Gasteiger partial charge in [0.1, 0.15) is 6.33 Å².